The van der Waals surface area contributed by atoms with Gasteiger partial charge >= 0.3 is 12.1 Å². The Labute approximate surface area is 123 Å². The van der Waals surface area contributed by atoms with Crippen LogP contribution in [0.4, 0.5) is 10.5 Å². The highest BCUT2D eigenvalue weighted by Crippen LogP contribution is 2.25. The Hall–Kier alpha value is -1.75. The predicted octanol–water partition coefficient (Wildman–Crippen LogP) is 3.50. The molecule has 0 N–H and O–H groups in total. The third-order valence-corrected chi connectivity index (χ3v) is 2.63. The Morgan fingerprint density at radius 3 is 2.35 bits per heavy atom. The Bertz CT molecular complexity index is 522. The van der Waals surface area contributed by atoms with Gasteiger partial charge in [0, 0.05) is 12.1 Å². The quantitative estimate of drug-likeness (QED) is 0.784. The van der Waals surface area contributed by atoms with Crippen LogP contribution in [0, 0.1) is 0 Å². The summed E-state index contributed by atoms with van der Waals surface area (Å²) in [5, 5.41) is 0.381. The second-order valence-corrected chi connectivity index (χ2v) is 5.63. The van der Waals surface area contributed by atoms with E-state index in [-0.39, 0.29) is 5.56 Å². The largest absolute Gasteiger partial charge is 0.465 e. The molecule has 0 atom stereocenters. The second kappa shape index (κ2) is 6.13. The summed E-state index contributed by atoms with van der Waals surface area (Å²) in [6.45, 7) is 5.30. The number of methoxy groups -OCH3 is 1. The van der Waals surface area contributed by atoms with E-state index in [2.05, 4.69) is 4.74 Å². The summed E-state index contributed by atoms with van der Waals surface area (Å²) in [4.78, 5) is 25.0. The highest BCUT2D eigenvalue weighted by Gasteiger charge is 2.24. The van der Waals surface area contributed by atoms with Gasteiger partial charge in [-0.2, -0.15) is 0 Å². The molecule has 0 saturated heterocycles. The molecule has 1 rings (SSSR count). The molecule has 0 aliphatic heterocycles. The van der Waals surface area contributed by atoms with Crippen LogP contribution in [0.2, 0.25) is 5.02 Å². The lowest BCUT2D eigenvalue weighted by molar-refractivity contribution is 0.0587. The zero-order valence-electron chi connectivity index (χ0n) is 12.2. The van der Waals surface area contributed by atoms with Crippen molar-refractivity contribution in [3.8, 4) is 0 Å². The van der Waals surface area contributed by atoms with Gasteiger partial charge in [-0.1, -0.05) is 11.6 Å². The number of halogens is 1. The lowest BCUT2D eigenvalue weighted by Crippen LogP contribution is -2.35. The van der Waals surface area contributed by atoms with Crippen molar-refractivity contribution in [3.05, 3.63) is 28.8 Å². The predicted molar refractivity (Wildman–Crippen MR) is 77.4 cm³/mol. The minimum Gasteiger partial charge on any atom is -0.465 e. The lowest BCUT2D eigenvalue weighted by atomic mass is 10.1. The molecule has 1 aromatic carbocycles. The van der Waals surface area contributed by atoms with Gasteiger partial charge in [-0.3, -0.25) is 4.90 Å². The molecule has 1 aromatic rings. The zero-order valence-corrected chi connectivity index (χ0v) is 12.9. The van der Waals surface area contributed by atoms with Crippen LogP contribution in [0.1, 0.15) is 31.1 Å². The standard InChI is InChI=1S/C14H18ClNO4/c1-14(2,3)20-13(18)16(4)11-7-6-9(15)8-10(11)12(17)19-5/h6-8H,1-5H3. The van der Waals surface area contributed by atoms with E-state index < -0.39 is 17.7 Å². The number of hydrogen-bond donors (Lipinski definition) is 0. The van der Waals surface area contributed by atoms with Crippen LogP contribution in [0.3, 0.4) is 0 Å². The van der Waals surface area contributed by atoms with Crippen LogP contribution in [0.15, 0.2) is 18.2 Å². The maximum Gasteiger partial charge on any atom is 0.414 e. The van der Waals surface area contributed by atoms with Gasteiger partial charge in [0.25, 0.3) is 0 Å². The van der Waals surface area contributed by atoms with Crippen LogP contribution in [-0.4, -0.2) is 31.8 Å². The molecule has 20 heavy (non-hydrogen) atoms. The van der Waals surface area contributed by atoms with Crippen molar-refractivity contribution in [2.75, 3.05) is 19.1 Å². The van der Waals surface area contributed by atoms with Crippen LogP contribution in [0.25, 0.3) is 0 Å². The third kappa shape index (κ3) is 4.13. The summed E-state index contributed by atoms with van der Waals surface area (Å²) >= 11 is 5.87. The normalized spacial score (nSPS) is 10.9. The van der Waals surface area contributed by atoms with E-state index in [0.29, 0.717) is 10.7 Å². The molecule has 0 aliphatic carbocycles. The van der Waals surface area contributed by atoms with Crippen LogP contribution in [0.5, 0.6) is 0 Å². The SMILES string of the molecule is COC(=O)c1cc(Cl)ccc1N(C)C(=O)OC(C)(C)C. The molecular formula is C14H18ClNO4. The Morgan fingerprint density at radius 1 is 1.25 bits per heavy atom. The third-order valence-electron chi connectivity index (χ3n) is 2.39. The first-order chi connectivity index (χ1) is 9.15. The Balaban J connectivity index is 3.12. The van der Waals surface area contributed by atoms with E-state index in [4.69, 9.17) is 16.3 Å². The molecule has 0 fully saturated rings. The molecule has 0 radical (unpaired) electrons. The lowest BCUT2D eigenvalue weighted by Gasteiger charge is -2.25. The monoisotopic (exact) mass is 299 g/mol. The number of ether oxygens (including phenoxy) is 2. The molecule has 0 heterocycles. The molecule has 110 valence electrons. The van der Waals surface area contributed by atoms with E-state index in [0.717, 1.165) is 0 Å². The van der Waals surface area contributed by atoms with Gasteiger partial charge < -0.3 is 9.47 Å². The molecule has 6 heteroatoms. The minimum atomic E-state index is -0.622. The fourth-order valence-corrected chi connectivity index (χ4v) is 1.68. The summed E-state index contributed by atoms with van der Waals surface area (Å²) < 4.78 is 9.94. The van der Waals surface area contributed by atoms with Crippen molar-refractivity contribution >= 4 is 29.4 Å². The van der Waals surface area contributed by atoms with E-state index in [9.17, 15) is 9.59 Å². The van der Waals surface area contributed by atoms with Gasteiger partial charge in [0.1, 0.15) is 5.60 Å². The molecule has 5 nitrogen and oxygen atoms in total. The van der Waals surface area contributed by atoms with Crippen molar-refractivity contribution in [1.29, 1.82) is 0 Å². The first-order valence-corrected chi connectivity index (χ1v) is 6.38. The van der Waals surface area contributed by atoms with Crippen molar-refractivity contribution in [2.45, 2.75) is 26.4 Å². The van der Waals surface area contributed by atoms with Gasteiger partial charge in [0.05, 0.1) is 18.4 Å². The first-order valence-electron chi connectivity index (χ1n) is 6.00. The molecule has 1 amide bonds. The van der Waals surface area contributed by atoms with E-state index in [1.54, 1.807) is 32.9 Å². The van der Waals surface area contributed by atoms with Crippen molar-refractivity contribution in [3.63, 3.8) is 0 Å². The number of carbonyl (C=O) groups is 2. The summed E-state index contributed by atoms with van der Waals surface area (Å²) in [5.41, 5.74) is -0.0488. The Morgan fingerprint density at radius 2 is 1.85 bits per heavy atom. The summed E-state index contributed by atoms with van der Waals surface area (Å²) in [6.07, 6.45) is -0.565. The number of anilines is 1. The molecule has 0 aliphatic rings. The second-order valence-electron chi connectivity index (χ2n) is 5.19. The number of benzene rings is 1. The summed E-state index contributed by atoms with van der Waals surface area (Å²) in [7, 11) is 2.78. The van der Waals surface area contributed by atoms with Crippen molar-refractivity contribution < 1.29 is 19.1 Å². The Kier molecular flexibility index (Phi) is 5.00. The maximum absolute atomic E-state index is 12.0. The van der Waals surface area contributed by atoms with Gasteiger partial charge in [-0.05, 0) is 39.0 Å². The number of amides is 1. The van der Waals surface area contributed by atoms with Gasteiger partial charge in [-0.25, -0.2) is 9.59 Å². The van der Waals surface area contributed by atoms with E-state index in [1.807, 2.05) is 0 Å². The average molecular weight is 300 g/mol. The number of nitrogens with zero attached hydrogens (tertiary/aromatic N) is 1. The van der Waals surface area contributed by atoms with Gasteiger partial charge in [0.15, 0.2) is 0 Å². The average Bonchev–Trinajstić information content (AvgIpc) is 2.34. The fraction of sp³-hybridized carbons (Fsp3) is 0.429. The van der Waals surface area contributed by atoms with Crippen LogP contribution < -0.4 is 4.90 Å². The highest BCUT2D eigenvalue weighted by molar-refractivity contribution is 6.31. The molecule has 0 bridgehead atoms. The molecule has 0 unspecified atom stereocenters. The smallest absolute Gasteiger partial charge is 0.414 e. The summed E-state index contributed by atoms with van der Waals surface area (Å²) in [5.74, 6) is -0.571. The topological polar surface area (TPSA) is 55.8 Å². The summed E-state index contributed by atoms with van der Waals surface area (Å²) in [6, 6.07) is 4.60. The maximum atomic E-state index is 12.0. The molecule has 0 saturated carbocycles. The zero-order chi connectivity index (χ0) is 15.5. The van der Waals surface area contributed by atoms with E-state index in [1.165, 1.54) is 25.1 Å². The minimum absolute atomic E-state index is 0.202. The number of carbonyl (C=O) groups excluding carboxylic acids is 2. The number of esters is 1. The first kappa shape index (κ1) is 16.3. The van der Waals surface area contributed by atoms with E-state index >= 15 is 0 Å². The van der Waals surface area contributed by atoms with Gasteiger partial charge in [-0.15, -0.1) is 0 Å². The fourth-order valence-electron chi connectivity index (χ4n) is 1.50. The molecule has 0 aromatic heterocycles. The van der Waals surface area contributed by atoms with Crippen LogP contribution >= 0.6 is 11.6 Å². The molecular weight excluding hydrogens is 282 g/mol. The highest BCUT2D eigenvalue weighted by atomic mass is 35.5. The molecule has 0 spiro atoms. The van der Waals surface area contributed by atoms with Gasteiger partial charge in [0.2, 0.25) is 0 Å². The van der Waals surface area contributed by atoms with Crippen molar-refractivity contribution in [2.24, 2.45) is 0 Å². The number of rotatable bonds is 2. The van der Waals surface area contributed by atoms with Crippen molar-refractivity contribution in [1.82, 2.24) is 0 Å². The number of hydrogen-bond acceptors (Lipinski definition) is 4. The van der Waals surface area contributed by atoms with Crippen LogP contribution in [-0.2, 0) is 9.47 Å².